The number of pyridine rings is 1. The number of carbonyl (C=O) groups excluding carboxylic acids is 1. The van der Waals surface area contributed by atoms with Crippen molar-refractivity contribution in [3.63, 3.8) is 0 Å². The Labute approximate surface area is 190 Å². The van der Waals surface area contributed by atoms with E-state index in [-0.39, 0.29) is 5.91 Å². The molecule has 0 saturated carbocycles. The third kappa shape index (κ3) is 5.84. The van der Waals surface area contributed by atoms with Crippen molar-refractivity contribution < 1.29 is 4.79 Å². The summed E-state index contributed by atoms with van der Waals surface area (Å²) in [6.07, 6.45) is 7.68. The van der Waals surface area contributed by atoms with Crippen molar-refractivity contribution in [2.45, 2.75) is 25.2 Å². The van der Waals surface area contributed by atoms with Gasteiger partial charge in [-0.05, 0) is 31.5 Å². The normalized spacial score (nSPS) is 16.3. The average molecular weight is 449 g/mol. The number of hydrogen-bond acceptors (Lipinski definition) is 9. The Morgan fingerprint density at radius 3 is 3.09 bits per heavy atom. The zero-order valence-corrected chi connectivity index (χ0v) is 18.4. The van der Waals surface area contributed by atoms with Crippen LogP contribution in [-0.4, -0.2) is 56.9 Å². The van der Waals surface area contributed by atoms with E-state index in [1.54, 1.807) is 24.0 Å². The smallest absolute Gasteiger partial charge is 0.270 e. The van der Waals surface area contributed by atoms with Gasteiger partial charge in [0.25, 0.3) is 5.91 Å². The lowest BCUT2D eigenvalue weighted by molar-refractivity contribution is 0.0950. The predicted molar refractivity (Wildman–Crippen MR) is 122 cm³/mol. The first-order chi connectivity index (χ1) is 15.7. The molecule has 0 aromatic carbocycles. The minimum Gasteiger partial charge on any atom is -0.350 e. The van der Waals surface area contributed by atoms with Crippen LogP contribution in [0, 0.1) is 11.3 Å². The van der Waals surface area contributed by atoms with Crippen LogP contribution in [0.25, 0.3) is 0 Å². The maximum Gasteiger partial charge on any atom is 0.270 e. The summed E-state index contributed by atoms with van der Waals surface area (Å²) in [5.41, 5.74) is 2.21. The van der Waals surface area contributed by atoms with E-state index in [0.717, 1.165) is 37.3 Å². The number of amides is 1. The van der Waals surface area contributed by atoms with E-state index >= 15 is 0 Å². The molecule has 1 aliphatic heterocycles. The van der Waals surface area contributed by atoms with E-state index in [1.807, 2.05) is 18.2 Å². The first-order valence-corrected chi connectivity index (χ1v) is 11.4. The molecule has 164 valence electrons. The first-order valence-electron chi connectivity index (χ1n) is 10.5. The summed E-state index contributed by atoms with van der Waals surface area (Å²) in [5, 5.41) is 17.4. The molecule has 9 nitrogen and oxygen atoms in total. The van der Waals surface area contributed by atoms with Crippen LogP contribution in [-0.2, 0) is 6.42 Å². The van der Waals surface area contributed by atoms with Gasteiger partial charge in [-0.15, -0.1) is 11.3 Å². The Morgan fingerprint density at radius 1 is 1.31 bits per heavy atom. The van der Waals surface area contributed by atoms with Crippen molar-refractivity contribution in [3.8, 4) is 6.07 Å². The summed E-state index contributed by atoms with van der Waals surface area (Å²) < 4.78 is 0. The summed E-state index contributed by atoms with van der Waals surface area (Å²) in [4.78, 5) is 31.9. The molecule has 4 rings (SSSR count). The molecule has 1 fully saturated rings. The van der Waals surface area contributed by atoms with Gasteiger partial charge in [0.15, 0.2) is 5.13 Å². The molecule has 0 radical (unpaired) electrons. The van der Waals surface area contributed by atoms with E-state index < -0.39 is 0 Å². The van der Waals surface area contributed by atoms with Crippen molar-refractivity contribution in [3.05, 3.63) is 59.3 Å². The van der Waals surface area contributed by atoms with E-state index in [1.165, 1.54) is 11.3 Å². The molecule has 2 N–H and O–H groups in total. The van der Waals surface area contributed by atoms with Crippen molar-refractivity contribution in [2.24, 2.45) is 0 Å². The summed E-state index contributed by atoms with van der Waals surface area (Å²) in [5.74, 6) is 0.786. The first kappa shape index (κ1) is 21.8. The molecule has 1 unspecified atom stereocenters. The molecule has 0 spiro atoms. The Morgan fingerprint density at radius 2 is 2.25 bits per heavy atom. The number of hydrogen-bond donors (Lipinski definition) is 2. The number of thiazole rings is 1. The van der Waals surface area contributed by atoms with E-state index in [9.17, 15) is 4.79 Å². The van der Waals surface area contributed by atoms with Crippen LogP contribution >= 0.6 is 11.3 Å². The van der Waals surface area contributed by atoms with Crippen LogP contribution in [0.5, 0.6) is 0 Å². The van der Waals surface area contributed by atoms with Crippen molar-refractivity contribution in [1.29, 1.82) is 5.26 Å². The van der Waals surface area contributed by atoms with Crippen molar-refractivity contribution in [2.75, 3.05) is 31.5 Å². The second-order valence-corrected chi connectivity index (χ2v) is 8.40. The standard InChI is InChI=1S/C22H24N8OS/c23-7-12-30-11-2-3-16(14-30)18-4-1-5-20(27-18)29-22-28-19(15-32-22)21(31)26-8-6-17-13-24-9-10-25-17/h1,4-5,9-10,13,15-16H,2-3,6,8,11-12,14H2,(H,26,31)(H,27,28,29). The third-order valence-corrected chi connectivity index (χ3v) is 6.00. The molecule has 3 aromatic rings. The summed E-state index contributed by atoms with van der Waals surface area (Å²) in [7, 11) is 0. The predicted octanol–water partition coefficient (Wildman–Crippen LogP) is 2.75. The molecule has 32 heavy (non-hydrogen) atoms. The van der Waals surface area contributed by atoms with Gasteiger partial charge in [0.1, 0.15) is 11.5 Å². The van der Waals surface area contributed by atoms with Gasteiger partial charge in [-0.2, -0.15) is 5.26 Å². The van der Waals surface area contributed by atoms with Gasteiger partial charge in [-0.25, -0.2) is 9.97 Å². The Kier molecular flexibility index (Phi) is 7.32. The van der Waals surface area contributed by atoms with Crippen molar-refractivity contribution in [1.82, 2.24) is 30.2 Å². The molecule has 3 aromatic heterocycles. The fourth-order valence-corrected chi connectivity index (χ4v) is 4.39. The average Bonchev–Trinajstić information content (AvgIpc) is 3.29. The van der Waals surface area contributed by atoms with Crippen LogP contribution < -0.4 is 10.6 Å². The highest BCUT2D eigenvalue weighted by atomic mass is 32.1. The SMILES string of the molecule is N#CCN1CCCC(c2cccc(Nc3nc(C(=O)NCCc4cnccn4)cs3)n2)C1. The second-order valence-electron chi connectivity index (χ2n) is 7.55. The molecule has 1 aliphatic rings. The van der Waals surface area contributed by atoms with Gasteiger partial charge in [0, 0.05) is 55.1 Å². The highest BCUT2D eigenvalue weighted by Crippen LogP contribution is 2.27. The summed E-state index contributed by atoms with van der Waals surface area (Å²) in [6, 6.07) is 8.13. The molecular formula is C22H24N8OS. The Hall–Kier alpha value is -3.42. The van der Waals surface area contributed by atoms with Crippen LogP contribution in [0.3, 0.4) is 0 Å². The fourth-order valence-electron chi connectivity index (χ4n) is 3.69. The number of aromatic nitrogens is 4. The van der Waals surface area contributed by atoms with Crippen molar-refractivity contribution >= 4 is 28.2 Å². The summed E-state index contributed by atoms with van der Waals surface area (Å²) in [6.45, 7) is 2.73. The highest BCUT2D eigenvalue weighted by molar-refractivity contribution is 7.14. The highest BCUT2D eigenvalue weighted by Gasteiger charge is 2.22. The number of nitrogens with zero attached hydrogens (tertiary/aromatic N) is 6. The zero-order valence-electron chi connectivity index (χ0n) is 17.6. The van der Waals surface area contributed by atoms with Gasteiger partial charge in [-0.1, -0.05) is 6.07 Å². The topological polar surface area (TPSA) is 120 Å². The summed E-state index contributed by atoms with van der Waals surface area (Å²) >= 11 is 1.36. The molecular weight excluding hydrogens is 424 g/mol. The lowest BCUT2D eigenvalue weighted by Crippen LogP contribution is -2.34. The van der Waals surface area contributed by atoms with E-state index in [4.69, 9.17) is 10.2 Å². The quantitative estimate of drug-likeness (QED) is 0.505. The number of anilines is 2. The third-order valence-electron chi connectivity index (χ3n) is 5.24. The van der Waals surface area contributed by atoms with Gasteiger partial charge < -0.3 is 10.6 Å². The van der Waals surface area contributed by atoms with Crippen LogP contribution in [0.15, 0.2) is 42.2 Å². The van der Waals surface area contributed by atoms with Crippen LogP contribution in [0.1, 0.15) is 40.6 Å². The second kappa shape index (κ2) is 10.7. The lowest BCUT2D eigenvalue weighted by atomic mass is 9.94. The molecule has 0 aliphatic carbocycles. The fraction of sp³-hybridized carbons (Fsp3) is 0.364. The lowest BCUT2D eigenvalue weighted by Gasteiger charge is -2.30. The van der Waals surface area contributed by atoms with Crippen LogP contribution in [0.4, 0.5) is 10.9 Å². The van der Waals surface area contributed by atoms with Gasteiger partial charge in [-0.3, -0.25) is 19.7 Å². The number of rotatable bonds is 8. The Balaban J connectivity index is 1.32. The molecule has 4 heterocycles. The maximum atomic E-state index is 12.4. The number of carbonyl (C=O) groups is 1. The zero-order chi connectivity index (χ0) is 22.2. The van der Waals surface area contributed by atoms with E-state index in [2.05, 4.69) is 36.6 Å². The Bertz CT molecular complexity index is 1080. The van der Waals surface area contributed by atoms with Gasteiger partial charge in [0.05, 0.1) is 18.3 Å². The van der Waals surface area contributed by atoms with Gasteiger partial charge >= 0.3 is 0 Å². The van der Waals surface area contributed by atoms with Crippen LogP contribution in [0.2, 0.25) is 0 Å². The number of likely N-dealkylation sites (tertiary alicyclic amines) is 1. The molecule has 0 bridgehead atoms. The molecule has 10 heteroatoms. The van der Waals surface area contributed by atoms with E-state index in [0.29, 0.717) is 42.1 Å². The number of nitrogens with one attached hydrogen (secondary N) is 2. The molecule has 1 amide bonds. The minimum atomic E-state index is -0.223. The van der Waals surface area contributed by atoms with Gasteiger partial charge in [0.2, 0.25) is 0 Å². The monoisotopic (exact) mass is 448 g/mol. The maximum absolute atomic E-state index is 12.4. The largest absolute Gasteiger partial charge is 0.350 e. The molecule has 1 atom stereocenters. The number of nitriles is 1. The minimum absolute atomic E-state index is 0.223. The number of piperidine rings is 1. The molecule has 1 saturated heterocycles.